The van der Waals surface area contributed by atoms with Gasteiger partial charge in [0, 0.05) is 11.9 Å². The molecule has 0 saturated heterocycles. The van der Waals surface area contributed by atoms with E-state index >= 15 is 0 Å². The summed E-state index contributed by atoms with van der Waals surface area (Å²) in [7, 11) is 0. The van der Waals surface area contributed by atoms with Crippen LogP contribution in [0.25, 0.3) is 0 Å². The fourth-order valence-corrected chi connectivity index (χ4v) is 1.88. The van der Waals surface area contributed by atoms with Crippen LogP contribution in [0.2, 0.25) is 0 Å². The van der Waals surface area contributed by atoms with E-state index in [9.17, 15) is 0 Å². The summed E-state index contributed by atoms with van der Waals surface area (Å²) in [6.45, 7) is 9.03. The molecule has 1 heterocycles. The van der Waals surface area contributed by atoms with Crippen molar-refractivity contribution < 1.29 is 0 Å². The van der Waals surface area contributed by atoms with Gasteiger partial charge in [0.25, 0.3) is 0 Å². The molecule has 1 heteroatoms. The van der Waals surface area contributed by atoms with E-state index in [1.165, 1.54) is 30.5 Å². The van der Waals surface area contributed by atoms with Gasteiger partial charge in [0.15, 0.2) is 0 Å². The van der Waals surface area contributed by atoms with Crippen LogP contribution in [0.3, 0.4) is 0 Å². The number of nitrogens with zero attached hydrogens (tertiary/aromatic N) is 1. The van der Waals surface area contributed by atoms with Gasteiger partial charge in [-0.25, -0.2) is 0 Å². The minimum absolute atomic E-state index is 0.353. The molecule has 0 radical (unpaired) electrons. The number of hydrogen-bond donors (Lipinski definition) is 0. The highest BCUT2D eigenvalue weighted by molar-refractivity contribution is 5.15. The molecule has 1 aromatic heterocycles. The normalized spacial score (nSPS) is 11.8. The van der Waals surface area contributed by atoms with Crippen LogP contribution in [-0.2, 0) is 12.8 Å². The Morgan fingerprint density at radius 3 is 2.38 bits per heavy atom. The van der Waals surface area contributed by atoms with Crippen molar-refractivity contribution in [2.45, 2.75) is 59.8 Å². The van der Waals surface area contributed by atoms with E-state index in [0.29, 0.717) is 5.41 Å². The lowest BCUT2D eigenvalue weighted by molar-refractivity contribution is 0.410. The van der Waals surface area contributed by atoms with Crippen LogP contribution in [0.1, 0.15) is 58.2 Å². The van der Waals surface area contributed by atoms with Crippen LogP contribution in [-0.4, -0.2) is 4.98 Å². The Balaban J connectivity index is 2.48. The van der Waals surface area contributed by atoms with Gasteiger partial charge in [0.2, 0.25) is 0 Å². The van der Waals surface area contributed by atoms with Crippen molar-refractivity contribution in [2.75, 3.05) is 0 Å². The lowest BCUT2D eigenvalue weighted by Crippen LogP contribution is -2.09. The maximum Gasteiger partial charge on any atom is 0.0403 e. The molecule has 1 nitrogen and oxygen atoms in total. The first kappa shape index (κ1) is 13.2. The van der Waals surface area contributed by atoms with E-state index in [4.69, 9.17) is 0 Å². The molecular formula is C15H25N. The van der Waals surface area contributed by atoms with E-state index in [-0.39, 0.29) is 0 Å². The van der Waals surface area contributed by atoms with Crippen molar-refractivity contribution in [3.05, 3.63) is 29.6 Å². The summed E-state index contributed by atoms with van der Waals surface area (Å²) in [5.41, 5.74) is 2.95. The Labute approximate surface area is 100 Å². The predicted molar refractivity (Wildman–Crippen MR) is 70.6 cm³/mol. The van der Waals surface area contributed by atoms with Gasteiger partial charge in [-0.2, -0.15) is 0 Å². The zero-order chi connectivity index (χ0) is 12.0. The van der Waals surface area contributed by atoms with E-state index in [1.807, 2.05) is 6.20 Å². The molecule has 90 valence electrons. The van der Waals surface area contributed by atoms with Gasteiger partial charge in [0.05, 0.1) is 0 Å². The molecule has 0 aliphatic carbocycles. The Morgan fingerprint density at radius 1 is 1.12 bits per heavy atom. The van der Waals surface area contributed by atoms with Gasteiger partial charge in [-0.05, 0) is 36.3 Å². The predicted octanol–water partition coefficient (Wildman–Crippen LogP) is 4.40. The Morgan fingerprint density at radius 2 is 1.88 bits per heavy atom. The summed E-state index contributed by atoms with van der Waals surface area (Å²) in [6, 6.07) is 4.43. The number of aromatic nitrogens is 1. The first-order valence-electron chi connectivity index (χ1n) is 6.45. The largest absolute Gasteiger partial charge is 0.261 e. The highest BCUT2D eigenvalue weighted by atomic mass is 14.7. The van der Waals surface area contributed by atoms with Crippen LogP contribution in [0, 0.1) is 5.41 Å². The smallest absolute Gasteiger partial charge is 0.0403 e. The van der Waals surface area contributed by atoms with Gasteiger partial charge < -0.3 is 0 Å². The topological polar surface area (TPSA) is 12.9 Å². The van der Waals surface area contributed by atoms with Crippen LogP contribution >= 0.6 is 0 Å². The standard InChI is InChI=1S/C15H25N/c1-5-6-7-8-14-10-9-13(12-16-14)11-15(2,3)4/h9-10,12H,5-8,11H2,1-4H3. The minimum Gasteiger partial charge on any atom is -0.261 e. The molecule has 0 unspecified atom stereocenters. The second kappa shape index (κ2) is 6.03. The van der Waals surface area contributed by atoms with Crippen molar-refractivity contribution in [2.24, 2.45) is 5.41 Å². The molecule has 0 bridgehead atoms. The molecule has 0 N–H and O–H groups in total. The molecule has 0 aliphatic rings. The molecule has 0 fully saturated rings. The van der Waals surface area contributed by atoms with Crippen molar-refractivity contribution in [3.63, 3.8) is 0 Å². The Bertz CT molecular complexity index is 292. The Kier molecular flexibility index (Phi) is 4.98. The number of aryl methyl sites for hydroxylation is 1. The van der Waals surface area contributed by atoms with Crippen LogP contribution in [0.4, 0.5) is 0 Å². The highest BCUT2D eigenvalue weighted by Crippen LogP contribution is 2.20. The van der Waals surface area contributed by atoms with E-state index in [2.05, 4.69) is 44.8 Å². The molecule has 0 aliphatic heterocycles. The third kappa shape index (κ3) is 5.29. The molecule has 0 saturated carbocycles. The maximum atomic E-state index is 4.53. The summed E-state index contributed by atoms with van der Waals surface area (Å²) in [6.07, 6.45) is 8.14. The van der Waals surface area contributed by atoms with Gasteiger partial charge in [-0.1, -0.05) is 46.6 Å². The quantitative estimate of drug-likeness (QED) is 0.669. The average Bonchev–Trinajstić information content (AvgIpc) is 2.19. The van der Waals surface area contributed by atoms with Crippen molar-refractivity contribution >= 4 is 0 Å². The zero-order valence-corrected chi connectivity index (χ0v) is 11.2. The summed E-state index contributed by atoms with van der Waals surface area (Å²) in [5, 5.41) is 0. The van der Waals surface area contributed by atoms with E-state index < -0.39 is 0 Å². The molecule has 0 atom stereocenters. The molecule has 0 spiro atoms. The summed E-state index contributed by atoms with van der Waals surface area (Å²) in [4.78, 5) is 4.53. The third-order valence-electron chi connectivity index (χ3n) is 2.66. The highest BCUT2D eigenvalue weighted by Gasteiger charge is 2.11. The number of rotatable bonds is 5. The molecule has 1 rings (SSSR count). The molecule has 0 amide bonds. The van der Waals surface area contributed by atoms with Crippen LogP contribution in [0.5, 0.6) is 0 Å². The van der Waals surface area contributed by atoms with Crippen molar-refractivity contribution in [3.8, 4) is 0 Å². The second-order valence-corrected chi connectivity index (χ2v) is 5.85. The lowest BCUT2D eigenvalue weighted by atomic mass is 9.89. The van der Waals surface area contributed by atoms with Gasteiger partial charge >= 0.3 is 0 Å². The van der Waals surface area contributed by atoms with Crippen LogP contribution < -0.4 is 0 Å². The molecule has 1 aromatic rings. The zero-order valence-electron chi connectivity index (χ0n) is 11.2. The van der Waals surface area contributed by atoms with Gasteiger partial charge in [0.1, 0.15) is 0 Å². The summed E-state index contributed by atoms with van der Waals surface area (Å²) >= 11 is 0. The fraction of sp³-hybridized carbons (Fsp3) is 0.667. The van der Waals surface area contributed by atoms with Gasteiger partial charge in [-0.15, -0.1) is 0 Å². The Hall–Kier alpha value is -0.850. The molecule has 0 aromatic carbocycles. The summed E-state index contributed by atoms with van der Waals surface area (Å²) in [5.74, 6) is 0. The monoisotopic (exact) mass is 219 g/mol. The number of pyridine rings is 1. The number of unbranched alkanes of at least 4 members (excludes halogenated alkanes) is 2. The second-order valence-electron chi connectivity index (χ2n) is 5.85. The first-order valence-corrected chi connectivity index (χ1v) is 6.45. The SMILES string of the molecule is CCCCCc1ccc(CC(C)(C)C)cn1. The van der Waals surface area contributed by atoms with Crippen molar-refractivity contribution in [1.29, 1.82) is 0 Å². The minimum atomic E-state index is 0.353. The van der Waals surface area contributed by atoms with Crippen LogP contribution in [0.15, 0.2) is 18.3 Å². The van der Waals surface area contributed by atoms with Crippen molar-refractivity contribution in [1.82, 2.24) is 4.98 Å². The first-order chi connectivity index (χ1) is 7.51. The molecular weight excluding hydrogens is 194 g/mol. The molecule has 16 heavy (non-hydrogen) atoms. The fourth-order valence-electron chi connectivity index (χ4n) is 1.88. The van der Waals surface area contributed by atoms with Gasteiger partial charge in [-0.3, -0.25) is 4.98 Å². The lowest BCUT2D eigenvalue weighted by Gasteiger charge is -2.17. The third-order valence-corrected chi connectivity index (χ3v) is 2.66. The average molecular weight is 219 g/mol. The maximum absolute atomic E-state index is 4.53. The van der Waals surface area contributed by atoms with E-state index in [0.717, 1.165) is 12.8 Å². The summed E-state index contributed by atoms with van der Waals surface area (Å²) < 4.78 is 0. The van der Waals surface area contributed by atoms with E-state index in [1.54, 1.807) is 0 Å². The number of hydrogen-bond acceptors (Lipinski definition) is 1.